The molecular formula is C23H27NO4. The van der Waals surface area contributed by atoms with E-state index in [-0.39, 0.29) is 40.0 Å². The van der Waals surface area contributed by atoms with Gasteiger partial charge in [0, 0.05) is 28.7 Å². The highest BCUT2D eigenvalue weighted by Crippen LogP contribution is 2.65. The summed E-state index contributed by atoms with van der Waals surface area (Å²) in [6.45, 7) is 4.20. The van der Waals surface area contributed by atoms with E-state index in [1.165, 1.54) is 12.1 Å². The van der Waals surface area contributed by atoms with Crippen LogP contribution >= 0.6 is 0 Å². The summed E-state index contributed by atoms with van der Waals surface area (Å²) < 4.78 is 0. The van der Waals surface area contributed by atoms with Gasteiger partial charge in [0.05, 0.1) is 11.3 Å². The van der Waals surface area contributed by atoms with Crippen LogP contribution in [0, 0.1) is 34.5 Å². The largest absolute Gasteiger partial charge is 0.508 e. The molecule has 0 radical (unpaired) electrons. The molecule has 6 atom stereocenters. The van der Waals surface area contributed by atoms with Gasteiger partial charge in [-0.1, -0.05) is 13.8 Å². The third-order valence-electron chi connectivity index (χ3n) is 8.95. The number of benzene rings is 1. The van der Waals surface area contributed by atoms with Gasteiger partial charge in [-0.05, 0) is 62.0 Å². The van der Waals surface area contributed by atoms with Gasteiger partial charge in [0.25, 0.3) is 0 Å². The molecule has 5 nitrogen and oxygen atoms in total. The number of hydrogen-bond donors (Lipinski definition) is 3. The number of phenols is 2. The van der Waals surface area contributed by atoms with Crippen molar-refractivity contribution >= 4 is 17.3 Å². The van der Waals surface area contributed by atoms with Gasteiger partial charge in [-0.25, -0.2) is 0 Å². The van der Waals surface area contributed by atoms with Gasteiger partial charge in [-0.3, -0.25) is 9.59 Å². The van der Waals surface area contributed by atoms with Gasteiger partial charge in [0.1, 0.15) is 17.3 Å². The van der Waals surface area contributed by atoms with Crippen LogP contribution in [-0.4, -0.2) is 27.5 Å². The van der Waals surface area contributed by atoms with E-state index in [4.69, 9.17) is 5.41 Å². The van der Waals surface area contributed by atoms with E-state index in [0.717, 1.165) is 32.1 Å². The van der Waals surface area contributed by atoms with E-state index in [2.05, 4.69) is 13.8 Å². The van der Waals surface area contributed by atoms with Crippen molar-refractivity contribution < 1.29 is 19.8 Å². The molecule has 0 amide bonds. The fourth-order valence-corrected chi connectivity index (χ4v) is 7.58. The minimum atomic E-state index is -0.570. The van der Waals surface area contributed by atoms with E-state index in [9.17, 15) is 19.8 Å². The molecule has 28 heavy (non-hydrogen) atoms. The first-order chi connectivity index (χ1) is 13.2. The van der Waals surface area contributed by atoms with Crippen LogP contribution in [0.3, 0.4) is 0 Å². The van der Waals surface area contributed by atoms with Crippen molar-refractivity contribution in [3.63, 3.8) is 0 Å². The van der Waals surface area contributed by atoms with E-state index in [1.54, 1.807) is 0 Å². The highest BCUT2D eigenvalue weighted by Gasteiger charge is 2.63. The summed E-state index contributed by atoms with van der Waals surface area (Å²) in [5.74, 6) is 0.446. The lowest BCUT2D eigenvalue weighted by Gasteiger charge is -2.59. The molecule has 4 aliphatic rings. The minimum Gasteiger partial charge on any atom is -0.508 e. The number of hydrogen-bond acceptors (Lipinski definition) is 5. The number of carbonyl (C=O) groups excluding carboxylic acids is 2. The van der Waals surface area contributed by atoms with E-state index in [0.29, 0.717) is 29.6 Å². The van der Waals surface area contributed by atoms with Gasteiger partial charge in [0.2, 0.25) is 5.78 Å². The van der Waals surface area contributed by atoms with E-state index >= 15 is 0 Å². The van der Waals surface area contributed by atoms with Crippen molar-refractivity contribution in [2.45, 2.75) is 57.8 Å². The fraction of sp³-hybridized carbons (Fsp3) is 0.609. The van der Waals surface area contributed by atoms with Crippen LogP contribution in [0.2, 0.25) is 0 Å². The average molecular weight is 381 g/mol. The summed E-state index contributed by atoms with van der Waals surface area (Å²) in [7, 11) is 0. The molecule has 3 saturated carbocycles. The molecule has 0 bridgehead atoms. The zero-order chi connectivity index (χ0) is 20.0. The molecule has 0 saturated heterocycles. The van der Waals surface area contributed by atoms with Gasteiger partial charge < -0.3 is 15.6 Å². The standard InChI is InChI=1S/C23H27NO4/c1-22-10-9-13-11(12(22)5-8-17(22)27)3-4-14-20(24)21(28)18-15(25)6-7-16(26)19(18)23(13,14)2/h6-7,11-14,24-26H,3-5,8-10H2,1-2H3/t11-,12-,13-,14?,22-,23+/m0/s1. The van der Waals surface area contributed by atoms with Crippen molar-refractivity contribution in [2.24, 2.45) is 29.1 Å². The van der Waals surface area contributed by atoms with Crippen molar-refractivity contribution in [3.05, 3.63) is 23.3 Å². The molecule has 5 heteroatoms. The number of Topliss-reactive ketones (excluding diaryl/α,β-unsaturated/α-hetero) is 2. The molecule has 3 N–H and O–H groups in total. The number of rotatable bonds is 0. The molecule has 4 aliphatic carbocycles. The first kappa shape index (κ1) is 17.9. The van der Waals surface area contributed by atoms with Gasteiger partial charge in [0.15, 0.2) is 0 Å². The zero-order valence-corrected chi connectivity index (χ0v) is 16.4. The first-order valence-corrected chi connectivity index (χ1v) is 10.4. The van der Waals surface area contributed by atoms with Crippen LogP contribution in [0.15, 0.2) is 12.1 Å². The van der Waals surface area contributed by atoms with E-state index < -0.39 is 11.2 Å². The molecule has 1 aromatic carbocycles. The summed E-state index contributed by atoms with van der Waals surface area (Å²) in [5.41, 5.74) is -0.114. The normalized spacial score (nSPS) is 41.9. The Morgan fingerprint density at radius 3 is 2.46 bits per heavy atom. The van der Waals surface area contributed by atoms with Crippen LogP contribution in [-0.2, 0) is 10.2 Å². The lowest BCUT2D eigenvalue weighted by molar-refractivity contribution is -0.132. The maximum atomic E-state index is 12.9. The molecule has 1 aromatic rings. The Bertz CT molecular complexity index is 937. The fourth-order valence-electron chi connectivity index (χ4n) is 7.58. The Hall–Kier alpha value is -2.17. The third kappa shape index (κ3) is 1.90. The quantitative estimate of drug-likeness (QED) is 0.592. The van der Waals surface area contributed by atoms with Crippen LogP contribution in [0.1, 0.15) is 68.3 Å². The molecule has 148 valence electrons. The van der Waals surface area contributed by atoms with Gasteiger partial charge >= 0.3 is 0 Å². The van der Waals surface area contributed by atoms with Crippen LogP contribution in [0.25, 0.3) is 0 Å². The molecule has 5 rings (SSSR count). The second kappa shape index (κ2) is 5.46. The topological polar surface area (TPSA) is 98.4 Å². The number of fused-ring (bicyclic) bond motifs is 7. The molecule has 0 aromatic heterocycles. The van der Waals surface area contributed by atoms with Crippen molar-refractivity contribution in [3.8, 4) is 11.5 Å². The second-order valence-corrected chi connectivity index (χ2v) is 9.80. The lowest BCUT2D eigenvalue weighted by Crippen LogP contribution is -2.58. The van der Waals surface area contributed by atoms with Crippen molar-refractivity contribution in [1.82, 2.24) is 0 Å². The number of carbonyl (C=O) groups is 2. The predicted octanol–water partition coefficient (Wildman–Crippen LogP) is 3.99. The average Bonchev–Trinajstić information content (AvgIpc) is 2.97. The molecule has 0 aliphatic heterocycles. The molecule has 0 spiro atoms. The van der Waals surface area contributed by atoms with Gasteiger partial charge in [-0.15, -0.1) is 0 Å². The molecule has 3 fully saturated rings. The number of ketones is 2. The summed E-state index contributed by atoms with van der Waals surface area (Å²) in [6, 6.07) is 2.81. The SMILES string of the molecule is C[C@]12c3c(O)ccc(O)c3C(=O)C(=N)C1CC[C@@H]1[C@@H]2CC[C@]2(C)C(=O)CC[C@@H]12. The Morgan fingerprint density at radius 1 is 1.00 bits per heavy atom. The smallest absolute Gasteiger partial charge is 0.210 e. The Labute approximate surface area is 164 Å². The number of phenolic OH excluding ortho intramolecular Hbond substituents is 2. The summed E-state index contributed by atoms with van der Waals surface area (Å²) in [4.78, 5) is 25.5. The molecule has 1 unspecified atom stereocenters. The monoisotopic (exact) mass is 381 g/mol. The van der Waals surface area contributed by atoms with Crippen LogP contribution in [0.4, 0.5) is 0 Å². The maximum Gasteiger partial charge on any atom is 0.210 e. The number of nitrogens with one attached hydrogen (secondary N) is 1. The Balaban J connectivity index is 1.70. The third-order valence-corrected chi connectivity index (χ3v) is 8.95. The Kier molecular flexibility index (Phi) is 3.49. The first-order valence-electron chi connectivity index (χ1n) is 10.4. The molecular weight excluding hydrogens is 354 g/mol. The summed E-state index contributed by atoms with van der Waals surface area (Å²) >= 11 is 0. The summed E-state index contributed by atoms with van der Waals surface area (Å²) in [6.07, 6.45) is 4.90. The van der Waals surface area contributed by atoms with Crippen LogP contribution < -0.4 is 0 Å². The zero-order valence-electron chi connectivity index (χ0n) is 16.4. The van der Waals surface area contributed by atoms with Crippen molar-refractivity contribution in [1.29, 1.82) is 5.41 Å². The van der Waals surface area contributed by atoms with Gasteiger partial charge in [-0.2, -0.15) is 0 Å². The molecule has 0 heterocycles. The number of aromatic hydroxyl groups is 2. The Morgan fingerprint density at radius 2 is 1.71 bits per heavy atom. The second-order valence-electron chi connectivity index (χ2n) is 9.80. The van der Waals surface area contributed by atoms with Crippen LogP contribution in [0.5, 0.6) is 11.5 Å². The van der Waals surface area contributed by atoms with E-state index in [1.807, 2.05) is 0 Å². The lowest BCUT2D eigenvalue weighted by atomic mass is 9.44. The summed E-state index contributed by atoms with van der Waals surface area (Å²) in [5, 5.41) is 29.8. The predicted molar refractivity (Wildman–Crippen MR) is 104 cm³/mol. The minimum absolute atomic E-state index is 0.0395. The highest BCUT2D eigenvalue weighted by molar-refractivity contribution is 6.47. The van der Waals surface area contributed by atoms with Crippen molar-refractivity contribution in [2.75, 3.05) is 0 Å². The maximum absolute atomic E-state index is 12.9. The highest BCUT2D eigenvalue weighted by atomic mass is 16.3.